The van der Waals surface area contributed by atoms with Crippen molar-refractivity contribution >= 4 is 11.8 Å². The van der Waals surface area contributed by atoms with E-state index >= 15 is 0 Å². The number of rotatable bonds is 4. The molecule has 1 aromatic rings. The second-order valence-corrected chi connectivity index (χ2v) is 7.06. The number of piperidine rings is 1. The molecule has 2 amide bonds. The van der Waals surface area contributed by atoms with E-state index in [-0.39, 0.29) is 11.8 Å². The predicted octanol–water partition coefficient (Wildman–Crippen LogP) is 1.25. The smallest absolute Gasteiger partial charge is 0.259 e. The number of piperazine rings is 1. The average molecular weight is 360 g/mol. The average Bonchev–Trinajstić information content (AvgIpc) is 2.68. The highest BCUT2D eigenvalue weighted by Gasteiger charge is 2.28. The van der Waals surface area contributed by atoms with Crippen molar-refractivity contribution < 1.29 is 14.3 Å². The molecule has 1 unspecified atom stereocenters. The van der Waals surface area contributed by atoms with Crippen LogP contribution in [0.5, 0.6) is 5.88 Å². The summed E-state index contributed by atoms with van der Waals surface area (Å²) < 4.78 is 5.19. The highest BCUT2D eigenvalue weighted by atomic mass is 16.5. The van der Waals surface area contributed by atoms with E-state index < -0.39 is 0 Å². The van der Waals surface area contributed by atoms with Crippen LogP contribution in [0, 0.1) is 0 Å². The number of likely N-dealkylation sites (tertiary alicyclic amines) is 1. The summed E-state index contributed by atoms with van der Waals surface area (Å²) in [5, 5.41) is 0. The molecule has 142 valence electrons. The molecule has 1 aromatic heterocycles. The van der Waals surface area contributed by atoms with Gasteiger partial charge in [0.15, 0.2) is 0 Å². The fourth-order valence-electron chi connectivity index (χ4n) is 3.75. The van der Waals surface area contributed by atoms with Gasteiger partial charge in [0, 0.05) is 45.0 Å². The van der Waals surface area contributed by atoms with Crippen LogP contribution in [0.2, 0.25) is 0 Å². The zero-order chi connectivity index (χ0) is 18.5. The molecule has 0 N–H and O–H groups in total. The van der Waals surface area contributed by atoms with Crippen LogP contribution >= 0.6 is 0 Å². The molecule has 3 rings (SSSR count). The third-order valence-corrected chi connectivity index (χ3v) is 5.34. The quantitative estimate of drug-likeness (QED) is 0.808. The van der Waals surface area contributed by atoms with Crippen LogP contribution in [-0.4, -0.2) is 83.9 Å². The number of methoxy groups -OCH3 is 1. The van der Waals surface area contributed by atoms with E-state index in [0.29, 0.717) is 50.2 Å². The summed E-state index contributed by atoms with van der Waals surface area (Å²) in [5.41, 5.74) is 0.488. The summed E-state index contributed by atoms with van der Waals surface area (Å²) in [4.78, 5) is 35.4. The highest BCUT2D eigenvalue weighted by Crippen LogP contribution is 2.19. The molecular formula is C19H28N4O3. The van der Waals surface area contributed by atoms with Gasteiger partial charge in [0.25, 0.3) is 5.91 Å². The molecule has 1 atom stereocenters. The van der Waals surface area contributed by atoms with Gasteiger partial charge in [-0.05, 0) is 38.3 Å². The Balaban J connectivity index is 1.52. The van der Waals surface area contributed by atoms with E-state index in [4.69, 9.17) is 4.74 Å². The van der Waals surface area contributed by atoms with Crippen LogP contribution in [-0.2, 0) is 4.79 Å². The first-order valence-corrected chi connectivity index (χ1v) is 9.40. The van der Waals surface area contributed by atoms with E-state index in [0.717, 1.165) is 19.4 Å². The van der Waals surface area contributed by atoms with Crippen LogP contribution in [0.25, 0.3) is 0 Å². The topological polar surface area (TPSA) is 66.0 Å². The van der Waals surface area contributed by atoms with Gasteiger partial charge in [0.05, 0.1) is 13.7 Å². The van der Waals surface area contributed by atoms with Gasteiger partial charge in [-0.2, -0.15) is 0 Å². The molecule has 2 aliphatic rings. The maximum Gasteiger partial charge on any atom is 0.259 e. The number of hydrogen-bond acceptors (Lipinski definition) is 5. The van der Waals surface area contributed by atoms with Gasteiger partial charge < -0.3 is 14.5 Å². The lowest BCUT2D eigenvalue weighted by molar-refractivity contribution is -0.136. The zero-order valence-corrected chi connectivity index (χ0v) is 15.7. The van der Waals surface area contributed by atoms with Crippen molar-refractivity contribution in [2.45, 2.75) is 32.2 Å². The largest absolute Gasteiger partial charge is 0.480 e. The highest BCUT2D eigenvalue weighted by molar-refractivity contribution is 5.96. The molecular weight excluding hydrogens is 332 g/mol. The summed E-state index contributed by atoms with van der Waals surface area (Å²) in [6.07, 6.45) is 5.02. The molecule has 0 aromatic carbocycles. The van der Waals surface area contributed by atoms with Gasteiger partial charge in [-0.1, -0.05) is 0 Å². The van der Waals surface area contributed by atoms with Gasteiger partial charge >= 0.3 is 0 Å². The number of ether oxygens (including phenoxy) is 1. The SMILES string of the molecule is COc1ncccc1C(=O)N1CCN(CC(=O)N2CCCCC2C)CC1. The minimum Gasteiger partial charge on any atom is -0.480 e. The number of nitrogens with zero attached hydrogens (tertiary/aromatic N) is 4. The standard InChI is InChI=1S/C19H28N4O3/c1-15-6-3-4-9-23(15)17(24)14-21-10-12-22(13-11-21)19(25)16-7-5-8-20-18(16)26-2/h5,7-8,15H,3-4,6,9-14H2,1-2H3. The van der Waals surface area contributed by atoms with Crippen LogP contribution < -0.4 is 4.74 Å². The number of amides is 2. The molecule has 7 heteroatoms. The normalized spacial score (nSPS) is 21.5. The lowest BCUT2D eigenvalue weighted by Gasteiger charge is -2.38. The summed E-state index contributed by atoms with van der Waals surface area (Å²) in [6, 6.07) is 3.82. The third-order valence-electron chi connectivity index (χ3n) is 5.34. The molecule has 2 fully saturated rings. The number of hydrogen-bond donors (Lipinski definition) is 0. The Hall–Kier alpha value is -2.15. The van der Waals surface area contributed by atoms with Crippen molar-refractivity contribution in [1.82, 2.24) is 19.7 Å². The Kier molecular flexibility index (Phi) is 6.08. The Bertz CT molecular complexity index is 643. The summed E-state index contributed by atoms with van der Waals surface area (Å²) >= 11 is 0. The second kappa shape index (κ2) is 8.49. The minimum absolute atomic E-state index is 0.0643. The minimum atomic E-state index is -0.0643. The first-order chi connectivity index (χ1) is 12.6. The lowest BCUT2D eigenvalue weighted by Crippen LogP contribution is -2.53. The molecule has 26 heavy (non-hydrogen) atoms. The number of carbonyl (C=O) groups is 2. The van der Waals surface area contributed by atoms with Crippen LogP contribution in [0.1, 0.15) is 36.5 Å². The summed E-state index contributed by atoms with van der Waals surface area (Å²) in [7, 11) is 1.52. The van der Waals surface area contributed by atoms with E-state index in [1.54, 1.807) is 18.3 Å². The summed E-state index contributed by atoms with van der Waals surface area (Å²) in [5.74, 6) is 0.505. The molecule has 0 aliphatic carbocycles. The predicted molar refractivity (Wildman–Crippen MR) is 98.2 cm³/mol. The molecule has 3 heterocycles. The maximum absolute atomic E-state index is 12.7. The van der Waals surface area contributed by atoms with Crippen LogP contribution in [0.15, 0.2) is 18.3 Å². The third kappa shape index (κ3) is 4.15. The van der Waals surface area contributed by atoms with Crippen molar-refractivity contribution in [3.8, 4) is 5.88 Å². The molecule has 2 saturated heterocycles. The Morgan fingerprint density at radius 2 is 1.96 bits per heavy atom. The molecule has 0 radical (unpaired) electrons. The number of carbonyl (C=O) groups excluding carboxylic acids is 2. The Morgan fingerprint density at radius 1 is 1.19 bits per heavy atom. The van der Waals surface area contributed by atoms with E-state index in [1.165, 1.54) is 13.5 Å². The van der Waals surface area contributed by atoms with Crippen molar-refractivity contribution in [1.29, 1.82) is 0 Å². The van der Waals surface area contributed by atoms with Gasteiger partial charge in [-0.25, -0.2) is 4.98 Å². The monoisotopic (exact) mass is 360 g/mol. The van der Waals surface area contributed by atoms with Crippen molar-refractivity contribution in [2.24, 2.45) is 0 Å². The number of pyridine rings is 1. The van der Waals surface area contributed by atoms with Gasteiger partial charge in [-0.3, -0.25) is 14.5 Å². The maximum atomic E-state index is 12.7. The van der Waals surface area contributed by atoms with Gasteiger partial charge in [-0.15, -0.1) is 0 Å². The van der Waals surface area contributed by atoms with Crippen LogP contribution in [0.4, 0.5) is 0 Å². The second-order valence-electron chi connectivity index (χ2n) is 7.06. The Morgan fingerprint density at radius 3 is 2.65 bits per heavy atom. The zero-order valence-electron chi connectivity index (χ0n) is 15.7. The fourth-order valence-corrected chi connectivity index (χ4v) is 3.75. The van der Waals surface area contributed by atoms with Crippen molar-refractivity contribution in [3.05, 3.63) is 23.9 Å². The van der Waals surface area contributed by atoms with E-state index in [1.807, 2.05) is 9.80 Å². The molecule has 2 aliphatic heterocycles. The van der Waals surface area contributed by atoms with Crippen molar-refractivity contribution in [2.75, 3.05) is 46.4 Å². The molecule has 0 bridgehead atoms. The van der Waals surface area contributed by atoms with Gasteiger partial charge in [0.1, 0.15) is 5.56 Å². The molecule has 0 saturated carbocycles. The Labute approximate surface area is 154 Å². The molecule has 0 spiro atoms. The van der Waals surface area contributed by atoms with Gasteiger partial charge in [0.2, 0.25) is 11.8 Å². The number of aromatic nitrogens is 1. The fraction of sp³-hybridized carbons (Fsp3) is 0.632. The molecule has 7 nitrogen and oxygen atoms in total. The van der Waals surface area contributed by atoms with Crippen LogP contribution in [0.3, 0.4) is 0 Å². The van der Waals surface area contributed by atoms with E-state index in [9.17, 15) is 9.59 Å². The first kappa shape index (κ1) is 18.6. The first-order valence-electron chi connectivity index (χ1n) is 9.40. The van der Waals surface area contributed by atoms with Crippen molar-refractivity contribution in [3.63, 3.8) is 0 Å². The van der Waals surface area contributed by atoms with E-state index in [2.05, 4.69) is 16.8 Å². The lowest BCUT2D eigenvalue weighted by atomic mass is 10.0. The summed E-state index contributed by atoms with van der Waals surface area (Å²) in [6.45, 7) is 6.10.